The van der Waals surface area contributed by atoms with Crippen molar-refractivity contribution in [2.45, 2.75) is 78.2 Å². The van der Waals surface area contributed by atoms with Crippen LogP contribution in [0.5, 0.6) is 0 Å². The molecule has 0 aromatic carbocycles. The van der Waals surface area contributed by atoms with Crippen LogP contribution in [-0.2, 0) is 18.9 Å². The van der Waals surface area contributed by atoms with Crippen LogP contribution in [0.2, 0.25) is 0 Å². The van der Waals surface area contributed by atoms with E-state index < -0.39 is 0 Å². The Hall–Kier alpha value is -0.160. The smallest absolute Gasteiger partial charge is 0.163 e. The van der Waals surface area contributed by atoms with Gasteiger partial charge in [-0.15, -0.1) is 0 Å². The third kappa shape index (κ3) is 5.22. The second-order valence-corrected chi connectivity index (χ2v) is 5.72. The molecule has 0 spiro atoms. The van der Waals surface area contributed by atoms with Crippen molar-refractivity contribution < 1.29 is 18.9 Å². The summed E-state index contributed by atoms with van der Waals surface area (Å²) in [7, 11) is 0. The molecule has 0 amide bonds. The monoisotopic (exact) mass is 260 g/mol. The first kappa shape index (κ1) is 15.9. The molecule has 18 heavy (non-hydrogen) atoms. The molecule has 2 atom stereocenters. The quantitative estimate of drug-likeness (QED) is 0.764. The summed E-state index contributed by atoms with van der Waals surface area (Å²) in [4.78, 5) is 0. The molecule has 4 nitrogen and oxygen atoms in total. The van der Waals surface area contributed by atoms with Crippen LogP contribution >= 0.6 is 0 Å². The van der Waals surface area contributed by atoms with E-state index in [1.165, 1.54) is 0 Å². The summed E-state index contributed by atoms with van der Waals surface area (Å²) in [5, 5.41) is 0. The minimum atomic E-state index is -0.333. The van der Waals surface area contributed by atoms with Gasteiger partial charge in [-0.05, 0) is 40.5 Å². The lowest BCUT2D eigenvalue weighted by molar-refractivity contribution is -0.138. The van der Waals surface area contributed by atoms with Gasteiger partial charge in [-0.2, -0.15) is 0 Å². The predicted molar refractivity (Wildman–Crippen MR) is 70.4 cm³/mol. The maximum Gasteiger partial charge on any atom is 0.163 e. The van der Waals surface area contributed by atoms with E-state index in [1.54, 1.807) is 0 Å². The summed E-state index contributed by atoms with van der Waals surface area (Å²) in [5.74, 6) is -0.665. The minimum absolute atomic E-state index is 0.319. The highest BCUT2D eigenvalue weighted by atomic mass is 16.7. The summed E-state index contributed by atoms with van der Waals surface area (Å²) >= 11 is 0. The highest BCUT2D eigenvalue weighted by Crippen LogP contribution is 2.24. The van der Waals surface area contributed by atoms with Crippen molar-refractivity contribution in [3.05, 3.63) is 0 Å². The van der Waals surface area contributed by atoms with Gasteiger partial charge in [0.2, 0.25) is 0 Å². The summed E-state index contributed by atoms with van der Waals surface area (Å²) in [5.41, 5.74) is 0. The van der Waals surface area contributed by atoms with Gasteiger partial charge in [-0.1, -0.05) is 13.8 Å². The van der Waals surface area contributed by atoms with Crippen LogP contribution in [0, 0.1) is 0 Å². The average molecular weight is 260 g/mol. The summed E-state index contributed by atoms with van der Waals surface area (Å²) in [6, 6.07) is 0. The van der Waals surface area contributed by atoms with E-state index in [2.05, 4.69) is 13.8 Å². The zero-order valence-electron chi connectivity index (χ0n) is 12.6. The highest BCUT2D eigenvalue weighted by molar-refractivity contribution is 4.69. The first-order valence-electron chi connectivity index (χ1n) is 6.91. The lowest BCUT2D eigenvalue weighted by Gasteiger charge is -2.16. The predicted octanol–water partition coefficient (Wildman–Crippen LogP) is 3.10. The van der Waals surface area contributed by atoms with E-state index in [1.807, 2.05) is 27.7 Å². The Bertz CT molecular complexity index is 224. The zero-order valence-corrected chi connectivity index (χ0v) is 12.6. The van der Waals surface area contributed by atoms with Crippen molar-refractivity contribution in [3.8, 4) is 0 Å². The van der Waals surface area contributed by atoms with Gasteiger partial charge in [0.15, 0.2) is 11.6 Å². The van der Waals surface area contributed by atoms with Crippen molar-refractivity contribution in [2.75, 3.05) is 13.2 Å². The SMILES string of the molecule is CCC1COC(C)(C)O1.CCC1COC(C)(C)O1. The fraction of sp³-hybridized carbons (Fsp3) is 1.00. The Balaban J connectivity index is 0.000000180. The minimum Gasteiger partial charge on any atom is -0.348 e. The third-order valence-electron chi connectivity index (χ3n) is 3.05. The van der Waals surface area contributed by atoms with Crippen LogP contribution in [0.1, 0.15) is 54.4 Å². The van der Waals surface area contributed by atoms with Gasteiger partial charge in [0.05, 0.1) is 25.4 Å². The molecular formula is C14H28O4. The fourth-order valence-corrected chi connectivity index (χ4v) is 1.93. The van der Waals surface area contributed by atoms with Crippen LogP contribution in [0.3, 0.4) is 0 Å². The van der Waals surface area contributed by atoms with Crippen molar-refractivity contribution in [1.82, 2.24) is 0 Å². The van der Waals surface area contributed by atoms with Gasteiger partial charge < -0.3 is 18.9 Å². The second kappa shape index (κ2) is 6.33. The van der Waals surface area contributed by atoms with Crippen molar-refractivity contribution in [3.63, 3.8) is 0 Å². The molecule has 4 heteroatoms. The van der Waals surface area contributed by atoms with Gasteiger partial charge in [-0.3, -0.25) is 0 Å². The van der Waals surface area contributed by atoms with Crippen LogP contribution in [-0.4, -0.2) is 37.0 Å². The van der Waals surface area contributed by atoms with Crippen molar-refractivity contribution in [1.29, 1.82) is 0 Å². The van der Waals surface area contributed by atoms with Crippen molar-refractivity contribution in [2.24, 2.45) is 0 Å². The molecule has 0 aromatic heterocycles. The highest BCUT2D eigenvalue weighted by Gasteiger charge is 2.31. The van der Waals surface area contributed by atoms with Gasteiger partial charge in [-0.25, -0.2) is 0 Å². The number of ether oxygens (including phenoxy) is 4. The number of rotatable bonds is 2. The molecule has 0 radical (unpaired) electrons. The average Bonchev–Trinajstić information content (AvgIpc) is 2.81. The molecule has 0 saturated carbocycles. The van der Waals surface area contributed by atoms with Gasteiger partial charge in [0, 0.05) is 0 Å². The maximum absolute atomic E-state index is 5.48. The van der Waals surface area contributed by atoms with E-state index in [4.69, 9.17) is 18.9 Å². The molecule has 2 heterocycles. The molecule has 2 rings (SSSR count). The topological polar surface area (TPSA) is 36.9 Å². The zero-order chi connectivity index (χ0) is 13.8. The molecular weight excluding hydrogens is 232 g/mol. The van der Waals surface area contributed by atoms with E-state index in [9.17, 15) is 0 Å². The molecule has 0 aliphatic carbocycles. The molecule has 2 unspecified atom stereocenters. The second-order valence-electron chi connectivity index (χ2n) is 5.72. The van der Waals surface area contributed by atoms with Crippen LogP contribution < -0.4 is 0 Å². The Kier molecular flexibility index (Phi) is 5.59. The largest absolute Gasteiger partial charge is 0.348 e. The van der Waals surface area contributed by atoms with Crippen LogP contribution in [0.25, 0.3) is 0 Å². The van der Waals surface area contributed by atoms with Crippen LogP contribution in [0.4, 0.5) is 0 Å². The Labute approximate surface area is 111 Å². The van der Waals surface area contributed by atoms with Gasteiger partial charge >= 0.3 is 0 Å². The molecule has 0 bridgehead atoms. The molecule has 2 aliphatic rings. The lowest BCUT2D eigenvalue weighted by Crippen LogP contribution is -2.21. The van der Waals surface area contributed by atoms with E-state index in [0.717, 1.165) is 26.1 Å². The molecule has 0 aromatic rings. The normalized spacial score (nSPS) is 33.0. The van der Waals surface area contributed by atoms with Gasteiger partial charge in [0.25, 0.3) is 0 Å². The van der Waals surface area contributed by atoms with Gasteiger partial charge in [0.1, 0.15) is 0 Å². The summed E-state index contributed by atoms with van der Waals surface area (Å²) in [6.07, 6.45) is 2.73. The third-order valence-corrected chi connectivity index (χ3v) is 3.05. The molecule has 108 valence electrons. The first-order chi connectivity index (χ1) is 8.28. The molecule has 0 N–H and O–H groups in total. The van der Waals surface area contributed by atoms with E-state index in [0.29, 0.717) is 12.2 Å². The number of hydrogen-bond donors (Lipinski definition) is 0. The maximum atomic E-state index is 5.48. The van der Waals surface area contributed by atoms with E-state index >= 15 is 0 Å². The molecule has 2 saturated heterocycles. The van der Waals surface area contributed by atoms with Crippen molar-refractivity contribution >= 4 is 0 Å². The van der Waals surface area contributed by atoms with Crippen LogP contribution in [0.15, 0.2) is 0 Å². The molecule has 2 fully saturated rings. The standard InChI is InChI=1S/2C7H14O2/c2*1-4-6-5-8-7(2,3)9-6/h2*6H,4-5H2,1-3H3. The fourth-order valence-electron chi connectivity index (χ4n) is 1.93. The van der Waals surface area contributed by atoms with E-state index in [-0.39, 0.29) is 11.6 Å². The molecule has 2 aliphatic heterocycles. The summed E-state index contributed by atoms with van der Waals surface area (Å²) < 4.78 is 21.6. The number of hydrogen-bond acceptors (Lipinski definition) is 4. The lowest BCUT2D eigenvalue weighted by atomic mass is 10.3. The first-order valence-corrected chi connectivity index (χ1v) is 6.91. The Morgan fingerprint density at radius 2 is 1.11 bits per heavy atom. The Morgan fingerprint density at radius 1 is 0.778 bits per heavy atom. The Morgan fingerprint density at radius 3 is 1.22 bits per heavy atom. The summed E-state index contributed by atoms with van der Waals surface area (Å²) in [6.45, 7) is 13.5.